The third kappa shape index (κ3) is 1.37. The predicted molar refractivity (Wildman–Crippen MR) is 52.9 cm³/mol. The molecule has 0 N–H and O–H groups in total. The predicted octanol–water partition coefficient (Wildman–Crippen LogP) is 1.79. The van der Waals surface area contributed by atoms with E-state index in [0.717, 1.165) is 0 Å². The Morgan fingerprint density at radius 3 is 3.00 bits per heavy atom. The molecule has 0 bridgehead atoms. The highest BCUT2D eigenvalue weighted by Gasteiger charge is 2.03. The van der Waals surface area contributed by atoms with E-state index in [4.69, 9.17) is 0 Å². The molecule has 64 valence electrons. The number of nitrogens with zero attached hydrogens (tertiary/aromatic N) is 3. The van der Waals surface area contributed by atoms with E-state index in [1.54, 1.807) is 17.5 Å². The van der Waals surface area contributed by atoms with Gasteiger partial charge in [0.1, 0.15) is 10.7 Å². The lowest BCUT2D eigenvalue weighted by atomic mass is 11.0. The fourth-order valence-electron chi connectivity index (χ4n) is 0.904. The Balaban J connectivity index is 2.27. The summed E-state index contributed by atoms with van der Waals surface area (Å²) in [6, 6.07) is 0. The van der Waals surface area contributed by atoms with Crippen LogP contribution in [0.25, 0.3) is 0 Å². The van der Waals surface area contributed by atoms with Crippen LogP contribution in [0.1, 0.15) is 0 Å². The van der Waals surface area contributed by atoms with Gasteiger partial charge in [0.25, 0.3) is 0 Å². The first-order chi connectivity index (χ1) is 5.88. The van der Waals surface area contributed by atoms with E-state index in [0.29, 0.717) is 0 Å². The van der Waals surface area contributed by atoms with Crippen LogP contribution in [-0.4, -0.2) is 20.2 Å². The minimum Gasteiger partial charge on any atom is -0.296 e. The third-order valence-electron chi connectivity index (χ3n) is 1.53. The van der Waals surface area contributed by atoms with Crippen molar-refractivity contribution in [3.8, 4) is 0 Å². The van der Waals surface area contributed by atoms with Gasteiger partial charge in [0.2, 0.25) is 0 Å². The monoisotopic (exact) mass is 199 g/mol. The van der Waals surface area contributed by atoms with Crippen LogP contribution in [0.3, 0.4) is 0 Å². The van der Waals surface area contributed by atoms with Crippen LogP contribution >= 0.6 is 22.4 Å². The number of hydrogen-bond donors (Lipinski definition) is 1. The number of thiazole rings is 1. The molecule has 2 aromatic rings. The van der Waals surface area contributed by atoms with Gasteiger partial charge in [-0.25, -0.2) is 9.97 Å². The summed E-state index contributed by atoms with van der Waals surface area (Å²) in [6.07, 6.45) is 9.64. The number of thiol groups is 1. The molecule has 1 unspecified atom stereocenters. The molecule has 0 saturated heterocycles. The number of imidazole rings is 1. The van der Waals surface area contributed by atoms with Crippen molar-refractivity contribution in [1.29, 1.82) is 0 Å². The van der Waals surface area contributed by atoms with Crippen LogP contribution in [0.15, 0.2) is 34.6 Å². The lowest BCUT2D eigenvalue weighted by molar-refractivity contribution is 1.17. The van der Waals surface area contributed by atoms with Crippen LogP contribution < -0.4 is 0 Å². The van der Waals surface area contributed by atoms with Crippen molar-refractivity contribution in [2.45, 2.75) is 4.34 Å². The maximum atomic E-state index is 4.27. The van der Waals surface area contributed by atoms with Crippen molar-refractivity contribution in [2.24, 2.45) is 0 Å². The Kier molecular flexibility index (Phi) is 2.14. The SMILES string of the molecule is C[SH](c1nccs1)n1ccnc1. The zero-order valence-corrected chi connectivity index (χ0v) is 8.29. The zero-order chi connectivity index (χ0) is 8.39. The Morgan fingerprint density at radius 1 is 1.50 bits per heavy atom. The average Bonchev–Trinajstić information content (AvgIpc) is 2.77. The van der Waals surface area contributed by atoms with Gasteiger partial charge in [-0.3, -0.25) is 3.97 Å². The Labute approximate surface area is 77.6 Å². The Hall–Kier alpha value is -0.810. The summed E-state index contributed by atoms with van der Waals surface area (Å²) in [4.78, 5) is 8.28. The lowest BCUT2D eigenvalue weighted by Crippen LogP contribution is -1.90. The second kappa shape index (κ2) is 3.28. The largest absolute Gasteiger partial charge is 0.296 e. The van der Waals surface area contributed by atoms with Gasteiger partial charge in [0.05, 0.1) is 0 Å². The highest BCUT2D eigenvalue weighted by molar-refractivity contribution is 8.16. The Bertz CT molecular complexity index is 293. The second-order valence-corrected chi connectivity index (χ2v) is 5.41. The van der Waals surface area contributed by atoms with E-state index >= 15 is 0 Å². The molecule has 0 saturated carbocycles. The molecule has 0 aromatic carbocycles. The molecule has 1 atom stereocenters. The normalized spacial score (nSPS) is 14.6. The molecule has 0 radical (unpaired) electrons. The fourth-order valence-corrected chi connectivity index (χ4v) is 3.25. The maximum absolute atomic E-state index is 4.27. The zero-order valence-electron chi connectivity index (χ0n) is 6.58. The van der Waals surface area contributed by atoms with Crippen molar-refractivity contribution in [3.63, 3.8) is 0 Å². The first kappa shape index (κ1) is 7.82. The number of hydrogen-bond acceptors (Lipinski definition) is 3. The molecule has 0 aliphatic heterocycles. The van der Waals surface area contributed by atoms with Gasteiger partial charge in [-0.15, -0.1) is 22.4 Å². The highest BCUT2D eigenvalue weighted by atomic mass is 32.2. The summed E-state index contributed by atoms with van der Waals surface area (Å²) in [5.41, 5.74) is 0. The van der Waals surface area contributed by atoms with E-state index in [2.05, 4.69) is 20.2 Å². The molecule has 0 spiro atoms. The molecular weight excluding hydrogens is 190 g/mol. The maximum Gasteiger partial charge on any atom is 0.146 e. The van der Waals surface area contributed by atoms with Crippen LogP contribution in [-0.2, 0) is 0 Å². The van der Waals surface area contributed by atoms with Crippen molar-refractivity contribution in [2.75, 3.05) is 6.26 Å². The molecule has 0 aliphatic carbocycles. The molecule has 2 heterocycles. The lowest BCUT2D eigenvalue weighted by Gasteiger charge is -2.13. The van der Waals surface area contributed by atoms with Gasteiger partial charge in [-0.2, -0.15) is 0 Å². The van der Waals surface area contributed by atoms with Crippen LogP contribution in [0.2, 0.25) is 0 Å². The van der Waals surface area contributed by atoms with Gasteiger partial charge in [-0.05, 0) is 6.26 Å². The van der Waals surface area contributed by atoms with Gasteiger partial charge < -0.3 is 0 Å². The second-order valence-electron chi connectivity index (χ2n) is 2.28. The highest BCUT2D eigenvalue weighted by Crippen LogP contribution is 2.34. The van der Waals surface area contributed by atoms with Crippen molar-refractivity contribution in [1.82, 2.24) is 13.9 Å². The standard InChI is InChI=1S/C7H9N3S2/c1-12(7-9-3-5-11-7)10-4-2-8-6-10/h2-6,12H,1H3. The Morgan fingerprint density at radius 2 is 2.42 bits per heavy atom. The van der Waals surface area contributed by atoms with E-state index in [1.807, 2.05) is 24.1 Å². The summed E-state index contributed by atoms with van der Waals surface area (Å²) in [6.45, 7) is 0. The van der Waals surface area contributed by atoms with Crippen LogP contribution in [0, 0.1) is 0 Å². The molecule has 2 aromatic heterocycles. The summed E-state index contributed by atoms with van der Waals surface area (Å²) >= 11 is 1.36. The van der Waals surface area contributed by atoms with Gasteiger partial charge in [0.15, 0.2) is 0 Å². The van der Waals surface area contributed by atoms with Crippen molar-refractivity contribution in [3.05, 3.63) is 30.3 Å². The minimum absolute atomic E-state index is 0.335. The van der Waals surface area contributed by atoms with Gasteiger partial charge in [-0.1, -0.05) is 0 Å². The number of aromatic nitrogens is 3. The molecule has 2 rings (SSSR count). The molecule has 12 heavy (non-hydrogen) atoms. The van der Waals surface area contributed by atoms with Crippen LogP contribution in [0.5, 0.6) is 0 Å². The smallest absolute Gasteiger partial charge is 0.146 e. The van der Waals surface area contributed by atoms with Crippen molar-refractivity contribution >= 4 is 22.4 Å². The third-order valence-corrected chi connectivity index (χ3v) is 4.81. The van der Waals surface area contributed by atoms with E-state index in [1.165, 1.54) is 4.34 Å². The minimum atomic E-state index is -0.335. The van der Waals surface area contributed by atoms with Crippen molar-refractivity contribution < 1.29 is 0 Å². The summed E-state index contributed by atoms with van der Waals surface area (Å²) in [5.74, 6) is 0. The molecular formula is C7H9N3S2. The quantitative estimate of drug-likeness (QED) is 0.748. The molecule has 0 fully saturated rings. The summed E-state index contributed by atoms with van der Waals surface area (Å²) in [5, 5.41) is 2.01. The molecule has 3 nitrogen and oxygen atoms in total. The molecule has 0 aliphatic rings. The first-order valence-electron chi connectivity index (χ1n) is 3.49. The van der Waals surface area contributed by atoms with E-state index in [9.17, 15) is 0 Å². The molecule has 5 heteroatoms. The van der Waals surface area contributed by atoms with Crippen LogP contribution in [0.4, 0.5) is 0 Å². The van der Waals surface area contributed by atoms with Gasteiger partial charge in [0, 0.05) is 24.0 Å². The van der Waals surface area contributed by atoms with E-state index in [-0.39, 0.29) is 11.1 Å². The van der Waals surface area contributed by atoms with Gasteiger partial charge >= 0.3 is 0 Å². The van der Waals surface area contributed by atoms with E-state index < -0.39 is 0 Å². The molecule has 0 amide bonds. The average molecular weight is 199 g/mol. The number of rotatable bonds is 2. The topological polar surface area (TPSA) is 30.7 Å². The first-order valence-corrected chi connectivity index (χ1v) is 6.11. The summed E-state index contributed by atoms with van der Waals surface area (Å²) < 4.78 is 3.29. The fraction of sp³-hybridized carbons (Fsp3) is 0.143. The summed E-state index contributed by atoms with van der Waals surface area (Å²) in [7, 11) is 0.